The highest BCUT2D eigenvalue weighted by Crippen LogP contribution is 2.34. The zero-order chi connectivity index (χ0) is 50.7. The molecule has 10 nitrogen and oxygen atoms in total. The molecule has 4 fully saturated rings. The van der Waals surface area contributed by atoms with Crippen LogP contribution in [0.25, 0.3) is 0 Å². The van der Waals surface area contributed by atoms with E-state index in [1.807, 2.05) is 166 Å². The molecule has 382 valence electrons. The summed E-state index contributed by atoms with van der Waals surface area (Å²) in [5.41, 5.74) is 6.42. The van der Waals surface area contributed by atoms with Crippen LogP contribution in [-0.2, 0) is 73.5 Å². The zero-order valence-corrected chi connectivity index (χ0v) is 43.2. The molecule has 13 heteroatoms. The van der Waals surface area contributed by atoms with E-state index in [-0.39, 0.29) is 61.0 Å². The molecular formula is C61H66B2O10S. The Bertz CT molecular complexity index is 2470. The van der Waals surface area contributed by atoms with Crippen LogP contribution in [0, 0.1) is 0 Å². The Balaban J connectivity index is 0.000000158. The fourth-order valence-corrected chi connectivity index (χ4v) is 9.98. The Hall–Kier alpha value is -5.38. The standard InChI is InChI=1S/2C27H29BO5.C7H8S/c2*1-20-25(29-17-21-11-5-2-6-12-21)27(30-18-22-13-7-3-8-14-22)26-24(32-20)19-31-28(33-26)23-15-9-4-10-16-23;1-8-7-5-3-2-4-6-7/h2*2-16,20,24-27H,17-19H2,1H3;2-6H,1H3/t20-,24?,25?,26+,27+;20-,24?,25?,26-,27+;/m01./s1. The number of hydrogen-bond donors (Lipinski definition) is 0. The van der Waals surface area contributed by atoms with Crippen molar-refractivity contribution in [3.8, 4) is 0 Å². The molecule has 0 N–H and O–H groups in total. The van der Waals surface area contributed by atoms with E-state index in [0.717, 1.165) is 33.2 Å². The van der Waals surface area contributed by atoms with E-state index in [4.69, 9.17) is 47.0 Å². The highest BCUT2D eigenvalue weighted by atomic mass is 32.2. The van der Waals surface area contributed by atoms with Gasteiger partial charge in [-0.05, 0) is 65.4 Å². The number of rotatable bonds is 15. The minimum absolute atomic E-state index is 0.156. The molecule has 4 aliphatic rings. The van der Waals surface area contributed by atoms with Gasteiger partial charge in [-0.25, -0.2) is 0 Å². The topological polar surface area (TPSA) is 92.3 Å². The monoisotopic (exact) mass is 1010 g/mol. The SMILES string of the molecule is CSc1ccccc1.C[C@@H]1OC2COB(c3ccccc3)O[C@H]2[C@H](OCc2ccccc2)C1OCc1ccccc1.C[C@H]1OC2COB(c3ccccc3)O[C@H]2[C@@H](OCc2ccccc2)C1OCc1ccccc1. The van der Waals surface area contributed by atoms with E-state index in [1.165, 1.54) is 4.90 Å². The first-order valence-corrected chi connectivity index (χ1v) is 26.9. The van der Waals surface area contributed by atoms with Crippen molar-refractivity contribution in [3.63, 3.8) is 0 Å². The van der Waals surface area contributed by atoms with E-state index in [9.17, 15) is 0 Å². The number of fused-ring (bicyclic) bond motifs is 2. The summed E-state index contributed by atoms with van der Waals surface area (Å²) in [6.45, 7) is 6.90. The van der Waals surface area contributed by atoms with Crippen LogP contribution in [0.2, 0.25) is 0 Å². The predicted octanol–water partition coefficient (Wildman–Crippen LogP) is 9.92. The smallest absolute Gasteiger partial charge is 0.404 e. The van der Waals surface area contributed by atoms with Gasteiger partial charge in [-0.1, -0.05) is 200 Å². The molecule has 0 bridgehead atoms. The fourth-order valence-electron chi connectivity index (χ4n) is 9.55. The summed E-state index contributed by atoms with van der Waals surface area (Å²) in [4.78, 5) is 1.33. The van der Waals surface area contributed by atoms with Crippen LogP contribution in [0.5, 0.6) is 0 Å². The molecule has 7 aromatic rings. The van der Waals surface area contributed by atoms with Gasteiger partial charge < -0.3 is 47.0 Å². The van der Waals surface area contributed by atoms with Crippen molar-refractivity contribution in [2.75, 3.05) is 19.5 Å². The number of ether oxygens (including phenoxy) is 6. The van der Waals surface area contributed by atoms with Gasteiger partial charge in [0.15, 0.2) is 0 Å². The van der Waals surface area contributed by atoms with Gasteiger partial charge in [-0.2, -0.15) is 0 Å². The molecule has 0 aromatic heterocycles. The molecule has 74 heavy (non-hydrogen) atoms. The summed E-state index contributed by atoms with van der Waals surface area (Å²) in [6.07, 6.45) is -0.392. The molecule has 0 spiro atoms. The molecule has 4 aliphatic heterocycles. The zero-order valence-electron chi connectivity index (χ0n) is 42.4. The Kier molecular flexibility index (Phi) is 20.2. The van der Waals surface area contributed by atoms with Gasteiger partial charge in [0.25, 0.3) is 0 Å². The van der Waals surface area contributed by atoms with Gasteiger partial charge >= 0.3 is 14.2 Å². The van der Waals surface area contributed by atoms with Crippen molar-refractivity contribution < 1.29 is 47.0 Å². The van der Waals surface area contributed by atoms with Crippen molar-refractivity contribution in [2.24, 2.45) is 0 Å². The van der Waals surface area contributed by atoms with Gasteiger partial charge in [-0.3, -0.25) is 0 Å². The summed E-state index contributed by atoms with van der Waals surface area (Å²) in [6, 6.07) is 71.0. The van der Waals surface area contributed by atoms with Crippen molar-refractivity contribution in [2.45, 2.75) is 106 Å². The van der Waals surface area contributed by atoms with Gasteiger partial charge in [0.2, 0.25) is 0 Å². The number of hydrogen-bond acceptors (Lipinski definition) is 11. The first-order chi connectivity index (χ1) is 36.5. The summed E-state index contributed by atoms with van der Waals surface area (Å²) < 4.78 is 63.4. The average molecular weight is 1010 g/mol. The second kappa shape index (κ2) is 28.0. The molecule has 0 amide bonds. The van der Waals surface area contributed by atoms with E-state index in [0.29, 0.717) is 39.6 Å². The van der Waals surface area contributed by atoms with Crippen LogP contribution in [0.4, 0.5) is 0 Å². The Labute approximate surface area is 442 Å². The molecule has 7 aromatic carbocycles. The second-order valence-corrected chi connectivity index (χ2v) is 19.6. The lowest BCUT2D eigenvalue weighted by atomic mass is 9.76. The Morgan fingerprint density at radius 1 is 0.392 bits per heavy atom. The average Bonchev–Trinajstić information content (AvgIpc) is 3.47. The highest BCUT2D eigenvalue weighted by Gasteiger charge is 2.52. The maximum absolute atomic E-state index is 6.51. The minimum Gasteiger partial charge on any atom is -0.404 e. The third-order valence-corrected chi connectivity index (χ3v) is 14.1. The highest BCUT2D eigenvalue weighted by molar-refractivity contribution is 7.98. The van der Waals surface area contributed by atoms with Crippen LogP contribution >= 0.6 is 11.8 Å². The maximum Gasteiger partial charge on any atom is 0.494 e. The fraction of sp³-hybridized carbons (Fsp3) is 0.311. The van der Waals surface area contributed by atoms with Crippen molar-refractivity contribution >= 4 is 36.9 Å². The predicted molar refractivity (Wildman–Crippen MR) is 292 cm³/mol. The molecule has 0 radical (unpaired) electrons. The molecule has 4 heterocycles. The van der Waals surface area contributed by atoms with Crippen LogP contribution in [0.3, 0.4) is 0 Å². The van der Waals surface area contributed by atoms with Gasteiger partial charge in [0.1, 0.15) is 48.8 Å². The first-order valence-electron chi connectivity index (χ1n) is 25.6. The van der Waals surface area contributed by atoms with Crippen molar-refractivity contribution in [3.05, 3.63) is 235 Å². The van der Waals surface area contributed by atoms with E-state index in [2.05, 4.69) is 66.9 Å². The Morgan fingerprint density at radius 3 is 0.973 bits per heavy atom. The molecule has 0 saturated carbocycles. The maximum atomic E-state index is 6.51. The summed E-state index contributed by atoms with van der Waals surface area (Å²) in [5, 5.41) is 0. The first kappa shape index (κ1) is 53.4. The van der Waals surface area contributed by atoms with Crippen LogP contribution in [0.1, 0.15) is 36.1 Å². The summed E-state index contributed by atoms with van der Waals surface area (Å²) >= 11 is 1.77. The van der Waals surface area contributed by atoms with Crippen LogP contribution in [0.15, 0.2) is 217 Å². The van der Waals surface area contributed by atoms with Gasteiger partial charge in [-0.15, -0.1) is 11.8 Å². The summed E-state index contributed by atoms with van der Waals surface area (Å²) in [7, 11) is -0.913. The van der Waals surface area contributed by atoms with Crippen LogP contribution in [-0.4, -0.2) is 94.7 Å². The number of thioether (sulfide) groups is 1. The van der Waals surface area contributed by atoms with E-state index >= 15 is 0 Å². The quantitative estimate of drug-likeness (QED) is 0.0727. The molecule has 11 rings (SSSR count). The van der Waals surface area contributed by atoms with Crippen LogP contribution < -0.4 is 10.9 Å². The lowest BCUT2D eigenvalue weighted by Gasteiger charge is -2.48. The third kappa shape index (κ3) is 14.9. The second-order valence-electron chi connectivity index (χ2n) is 18.7. The van der Waals surface area contributed by atoms with E-state index in [1.54, 1.807) is 11.8 Å². The third-order valence-electron chi connectivity index (χ3n) is 13.4. The minimum atomic E-state index is -0.456. The molecule has 0 aliphatic carbocycles. The Morgan fingerprint density at radius 2 is 0.676 bits per heavy atom. The summed E-state index contributed by atoms with van der Waals surface area (Å²) in [5.74, 6) is 0. The van der Waals surface area contributed by atoms with E-state index < -0.39 is 14.2 Å². The molecule has 4 unspecified atom stereocenters. The number of benzene rings is 7. The van der Waals surface area contributed by atoms with Crippen molar-refractivity contribution in [1.82, 2.24) is 0 Å². The lowest BCUT2D eigenvalue weighted by Crippen LogP contribution is -2.65. The molecule has 4 saturated heterocycles. The largest absolute Gasteiger partial charge is 0.494 e. The lowest BCUT2D eigenvalue weighted by molar-refractivity contribution is -0.259. The molecular weight excluding hydrogens is 946 g/mol. The van der Waals surface area contributed by atoms with Gasteiger partial charge in [0.05, 0.1) is 51.8 Å². The van der Waals surface area contributed by atoms with Crippen molar-refractivity contribution in [1.29, 1.82) is 0 Å². The normalized spacial score (nSPS) is 25.2. The molecule has 10 atom stereocenters. The van der Waals surface area contributed by atoms with Gasteiger partial charge in [0, 0.05) is 4.90 Å².